The summed E-state index contributed by atoms with van der Waals surface area (Å²) in [5, 5.41) is 0. The van der Waals surface area contributed by atoms with Gasteiger partial charge in [-0.3, -0.25) is 0 Å². The molecule has 1 nitrogen and oxygen atoms in total. The van der Waals surface area contributed by atoms with Crippen LogP contribution in [-0.4, -0.2) is 30.7 Å². The molecule has 0 aliphatic carbocycles. The van der Waals surface area contributed by atoms with Crippen molar-refractivity contribution in [3.63, 3.8) is 0 Å². The van der Waals surface area contributed by atoms with E-state index in [-0.39, 0.29) is 0 Å². The fourth-order valence-corrected chi connectivity index (χ4v) is 2.52. The van der Waals surface area contributed by atoms with Crippen LogP contribution >= 0.6 is 0 Å². The Hall–Kier alpha value is -0.300. The Balaban J connectivity index is 4.44. The Morgan fingerprint density at radius 2 is 1.18 bits per heavy atom. The lowest BCUT2D eigenvalue weighted by atomic mass is 10.1. The predicted octanol–water partition coefficient (Wildman–Crippen LogP) is 4.78. The highest BCUT2D eigenvalue weighted by Crippen LogP contribution is 2.15. The minimum atomic E-state index is 1.18. The first-order chi connectivity index (χ1) is 8.24. The van der Waals surface area contributed by atoms with Gasteiger partial charge in [-0.2, -0.15) is 0 Å². The minimum Gasteiger partial charge on any atom is -0.323 e. The maximum absolute atomic E-state index is 3.89. The third kappa shape index (κ3) is 7.59. The molecule has 0 fully saturated rings. The molecule has 0 unspecified atom stereocenters. The van der Waals surface area contributed by atoms with Crippen molar-refractivity contribution < 1.29 is 4.48 Å². The van der Waals surface area contributed by atoms with Crippen LogP contribution in [-0.2, 0) is 0 Å². The highest BCUT2D eigenvalue weighted by Gasteiger charge is 2.24. The van der Waals surface area contributed by atoms with Crippen molar-refractivity contribution in [3.8, 4) is 0 Å². The first-order valence-electron chi connectivity index (χ1n) is 7.70. The van der Waals surface area contributed by atoms with Crippen LogP contribution in [0.5, 0.6) is 0 Å². The van der Waals surface area contributed by atoms with Crippen LogP contribution in [0.15, 0.2) is 12.7 Å². The molecule has 0 saturated heterocycles. The number of quaternary nitrogens is 1. The number of hydrogen-bond acceptors (Lipinski definition) is 0. The van der Waals surface area contributed by atoms with Gasteiger partial charge < -0.3 is 4.48 Å². The van der Waals surface area contributed by atoms with Gasteiger partial charge >= 0.3 is 0 Å². The lowest BCUT2D eigenvalue weighted by molar-refractivity contribution is -0.928. The van der Waals surface area contributed by atoms with E-state index in [9.17, 15) is 0 Å². The van der Waals surface area contributed by atoms with E-state index in [1.165, 1.54) is 75.6 Å². The molecule has 0 spiro atoms. The summed E-state index contributed by atoms with van der Waals surface area (Å²) in [6, 6.07) is 0. The Kier molecular flexibility index (Phi) is 10.6. The van der Waals surface area contributed by atoms with E-state index in [1.807, 2.05) is 0 Å². The van der Waals surface area contributed by atoms with E-state index >= 15 is 0 Å². The van der Waals surface area contributed by atoms with Crippen molar-refractivity contribution in [3.05, 3.63) is 12.7 Å². The molecule has 17 heavy (non-hydrogen) atoms. The van der Waals surface area contributed by atoms with Gasteiger partial charge in [-0.15, -0.1) is 6.58 Å². The zero-order chi connectivity index (χ0) is 13.0. The molecule has 0 rings (SSSR count). The van der Waals surface area contributed by atoms with E-state index in [1.54, 1.807) is 0 Å². The summed E-state index contributed by atoms with van der Waals surface area (Å²) in [5.74, 6) is 0. The van der Waals surface area contributed by atoms with Gasteiger partial charge in [0.25, 0.3) is 0 Å². The van der Waals surface area contributed by atoms with E-state index < -0.39 is 0 Å². The molecule has 0 radical (unpaired) electrons. The van der Waals surface area contributed by atoms with Gasteiger partial charge in [0.15, 0.2) is 0 Å². The van der Waals surface area contributed by atoms with Crippen molar-refractivity contribution in [2.75, 3.05) is 26.2 Å². The topological polar surface area (TPSA) is 0 Å². The van der Waals surface area contributed by atoms with E-state index in [2.05, 4.69) is 33.4 Å². The monoisotopic (exact) mass is 240 g/mol. The van der Waals surface area contributed by atoms with E-state index in [0.29, 0.717) is 0 Å². The van der Waals surface area contributed by atoms with Crippen molar-refractivity contribution in [2.45, 2.75) is 65.7 Å². The molecule has 0 bridgehead atoms. The van der Waals surface area contributed by atoms with Crippen LogP contribution in [0.1, 0.15) is 65.7 Å². The van der Waals surface area contributed by atoms with Crippen molar-refractivity contribution in [1.82, 2.24) is 0 Å². The molecule has 0 aliphatic heterocycles. The quantitative estimate of drug-likeness (QED) is 0.340. The molecule has 0 aromatic carbocycles. The van der Waals surface area contributed by atoms with Crippen LogP contribution in [0.4, 0.5) is 0 Å². The van der Waals surface area contributed by atoms with E-state index in [0.717, 1.165) is 0 Å². The maximum atomic E-state index is 3.89. The Morgan fingerprint density at radius 1 is 0.765 bits per heavy atom. The summed E-state index contributed by atoms with van der Waals surface area (Å²) in [6.07, 6.45) is 11.4. The molecular weight excluding hydrogens is 206 g/mol. The van der Waals surface area contributed by atoms with Gasteiger partial charge in [0.05, 0.1) is 26.2 Å². The van der Waals surface area contributed by atoms with Crippen molar-refractivity contribution >= 4 is 0 Å². The lowest BCUT2D eigenvalue weighted by Gasteiger charge is -2.39. The zero-order valence-electron chi connectivity index (χ0n) is 12.5. The summed E-state index contributed by atoms with van der Waals surface area (Å²) in [6.45, 7) is 16.3. The summed E-state index contributed by atoms with van der Waals surface area (Å²) in [4.78, 5) is 0. The summed E-state index contributed by atoms with van der Waals surface area (Å²) in [7, 11) is 0. The van der Waals surface area contributed by atoms with Gasteiger partial charge in [0, 0.05) is 6.42 Å². The molecule has 0 aromatic rings. The number of rotatable bonds is 12. The molecule has 0 aliphatic rings. The van der Waals surface area contributed by atoms with Gasteiger partial charge in [-0.05, 0) is 19.3 Å². The largest absolute Gasteiger partial charge is 0.323 e. The lowest BCUT2D eigenvalue weighted by Crippen LogP contribution is -2.50. The highest BCUT2D eigenvalue weighted by molar-refractivity contribution is 4.66. The molecule has 0 atom stereocenters. The minimum absolute atomic E-state index is 1.18. The molecule has 0 N–H and O–H groups in total. The third-order valence-corrected chi connectivity index (χ3v) is 3.77. The second-order valence-electron chi connectivity index (χ2n) is 5.37. The second-order valence-corrected chi connectivity index (χ2v) is 5.37. The Labute approximate surface area is 109 Å². The fraction of sp³-hybridized carbons (Fsp3) is 0.875. The van der Waals surface area contributed by atoms with Crippen LogP contribution in [0.25, 0.3) is 0 Å². The molecule has 1 heteroatoms. The Morgan fingerprint density at radius 3 is 1.47 bits per heavy atom. The SMILES string of the molecule is C=CCC[N+](CCCC)(CCCC)CCCC. The predicted molar refractivity (Wildman–Crippen MR) is 79.3 cm³/mol. The van der Waals surface area contributed by atoms with Gasteiger partial charge in [-0.1, -0.05) is 46.1 Å². The van der Waals surface area contributed by atoms with Crippen LogP contribution in [0.2, 0.25) is 0 Å². The molecular formula is C16H34N+. The molecule has 0 saturated carbocycles. The summed E-state index contributed by atoms with van der Waals surface area (Å²) in [5.41, 5.74) is 0. The maximum Gasteiger partial charge on any atom is 0.0821 e. The van der Waals surface area contributed by atoms with Crippen LogP contribution < -0.4 is 0 Å². The average Bonchev–Trinajstić information content (AvgIpc) is 2.37. The third-order valence-electron chi connectivity index (χ3n) is 3.77. The standard InChI is InChI=1S/C16H34N/c1-5-9-13-17(14-10-6-2,15-11-7-3)16-12-8-4/h5H,1,6-16H2,2-4H3/q+1. The van der Waals surface area contributed by atoms with Gasteiger partial charge in [0.2, 0.25) is 0 Å². The number of nitrogens with zero attached hydrogens (tertiary/aromatic N) is 1. The summed E-state index contributed by atoms with van der Waals surface area (Å²) < 4.78 is 1.35. The second kappa shape index (κ2) is 10.8. The molecule has 0 aromatic heterocycles. The smallest absolute Gasteiger partial charge is 0.0821 e. The van der Waals surface area contributed by atoms with Crippen molar-refractivity contribution in [1.29, 1.82) is 0 Å². The van der Waals surface area contributed by atoms with Crippen molar-refractivity contribution in [2.24, 2.45) is 0 Å². The fourth-order valence-electron chi connectivity index (χ4n) is 2.52. The molecule has 102 valence electrons. The molecule has 0 amide bonds. The van der Waals surface area contributed by atoms with E-state index in [4.69, 9.17) is 0 Å². The number of hydrogen-bond donors (Lipinski definition) is 0. The highest BCUT2D eigenvalue weighted by atomic mass is 15.3. The first kappa shape index (κ1) is 16.7. The van der Waals surface area contributed by atoms with Gasteiger partial charge in [-0.25, -0.2) is 0 Å². The first-order valence-corrected chi connectivity index (χ1v) is 7.70. The van der Waals surface area contributed by atoms with Crippen LogP contribution in [0, 0.1) is 0 Å². The van der Waals surface area contributed by atoms with Gasteiger partial charge in [0.1, 0.15) is 0 Å². The zero-order valence-corrected chi connectivity index (χ0v) is 12.5. The normalized spacial score (nSPS) is 11.7. The van der Waals surface area contributed by atoms with Crippen LogP contribution in [0.3, 0.4) is 0 Å². The molecule has 0 heterocycles. The Bertz CT molecular complexity index is 153. The summed E-state index contributed by atoms with van der Waals surface area (Å²) >= 11 is 0. The number of unbranched alkanes of at least 4 members (excludes halogenated alkanes) is 3. The average molecular weight is 240 g/mol.